The number of carbonyl (C=O) groups excluding carboxylic acids is 1. The number of carboxylic acids is 1. The van der Waals surface area contributed by atoms with Gasteiger partial charge in [0.25, 0.3) is 0 Å². The number of benzene rings is 1. The lowest BCUT2D eigenvalue weighted by molar-refractivity contribution is -0.206. The molecular weight excluding hydrogens is 355 g/mol. The number of hydrogen-bond donors (Lipinski definition) is 2. The van der Waals surface area contributed by atoms with E-state index in [1.54, 1.807) is 24.3 Å². The number of aliphatic carboxylic acids is 1. The summed E-state index contributed by atoms with van der Waals surface area (Å²) in [5.74, 6) is -3.34. The van der Waals surface area contributed by atoms with Crippen LogP contribution in [0.5, 0.6) is 0 Å². The molecule has 1 aromatic carbocycles. The van der Waals surface area contributed by atoms with E-state index in [4.69, 9.17) is 5.11 Å². The number of rotatable bonds is 4. The number of alkyl halides is 3. The molecule has 0 aliphatic heterocycles. The zero-order valence-electron chi connectivity index (χ0n) is 10.7. The van der Waals surface area contributed by atoms with Gasteiger partial charge in [0.05, 0.1) is 0 Å². The molecule has 2 N–H and O–H groups in total. The lowest BCUT2D eigenvalue weighted by atomic mass is 10.0. The number of nitrogens with one attached hydrogen (secondary N) is 1. The molecule has 4 nitrogen and oxygen atoms in total. The maximum Gasteiger partial charge on any atom is 0.422 e. The van der Waals surface area contributed by atoms with Crippen LogP contribution in [0.3, 0.4) is 0 Å². The Morgan fingerprint density at radius 2 is 1.95 bits per heavy atom. The predicted octanol–water partition coefficient (Wildman–Crippen LogP) is 2.98. The van der Waals surface area contributed by atoms with Crippen molar-refractivity contribution in [3.63, 3.8) is 0 Å². The normalized spacial score (nSPS) is 14.7. The first-order valence-electron chi connectivity index (χ1n) is 5.62. The Labute approximate surface area is 126 Å². The zero-order valence-corrected chi connectivity index (χ0v) is 12.3. The van der Waals surface area contributed by atoms with Gasteiger partial charge in [0.1, 0.15) is 0 Å². The van der Waals surface area contributed by atoms with Gasteiger partial charge in [-0.2, -0.15) is 13.2 Å². The second-order valence-corrected chi connectivity index (χ2v) is 5.22. The molecule has 0 aliphatic carbocycles. The molecule has 0 radical (unpaired) electrons. The molecule has 0 saturated heterocycles. The van der Waals surface area contributed by atoms with Crippen LogP contribution >= 0.6 is 15.9 Å². The first-order valence-corrected chi connectivity index (χ1v) is 6.41. The first-order chi connectivity index (χ1) is 9.56. The van der Waals surface area contributed by atoms with Crippen LogP contribution in [0.4, 0.5) is 13.2 Å². The minimum Gasteiger partial charge on any atom is -0.479 e. The summed E-state index contributed by atoms with van der Waals surface area (Å²) >= 11 is 3.20. The van der Waals surface area contributed by atoms with Crippen molar-refractivity contribution < 1.29 is 27.9 Å². The van der Waals surface area contributed by atoms with Gasteiger partial charge in [-0.15, -0.1) is 0 Å². The Morgan fingerprint density at radius 3 is 2.43 bits per heavy atom. The van der Waals surface area contributed by atoms with E-state index in [1.165, 1.54) is 11.4 Å². The van der Waals surface area contributed by atoms with Gasteiger partial charge in [-0.05, 0) is 30.7 Å². The highest BCUT2D eigenvalue weighted by Gasteiger charge is 2.58. The van der Waals surface area contributed by atoms with Gasteiger partial charge in [-0.25, -0.2) is 4.79 Å². The van der Waals surface area contributed by atoms with Crippen molar-refractivity contribution in [2.45, 2.75) is 18.6 Å². The molecule has 1 aromatic rings. The average molecular weight is 366 g/mol. The molecule has 0 bridgehead atoms. The summed E-state index contributed by atoms with van der Waals surface area (Å²) in [5, 5.41) is 10.1. The smallest absolute Gasteiger partial charge is 0.422 e. The average Bonchev–Trinajstić information content (AvgIpc) is 2.34. The summed E-state index contributed by atoms with van der Waals surface area (Å²) in [5.41, 5.74) is -2.77. The monoisotopic (exact) mass is 365 g/mol. The molecule has 0 aliphatic rings. The van der Waals surface area contributed by atoms with Gasteiger partial charge in [0, 0.05) is 10.5 Å². The van der Waals surface area contributed by atoms with Crippen LogP contribution in [0.15, 0.2) is 34.8 Å². The molecule has 114 valence electrons. The topological polar surface area (TPSA) is 66.4 Å². The predicted molar refractivity (Wildman–Crippen MR) is 73.4 cm³/mol. The summed E-state index contributed by atoms with van der Waals surface area (Å²) in [7, 11) is 0. The second-order valence-electron chi connectivity index (χ2n) is 4.31. The Hall–Kier alpha value is -1.83. The Bertz CT molecular complexity index is 586. The van der Waals surface area contributed by atoms with Crippen LogP contribution in [0.25, 0.3) is 6.08 Å². The lowest BCUT2D eigenvalue weighted by Crippen LogP contribution is -2.61. The van der Waals surface area contributed by atoms with E-state index in [2.05, 4.69) is 15.9 Å². The highest BCUT2D eigenvalue weighted by molar-refractivity contribution is 9.10. The van der Waals surface area contributed by atoms with E-state index in [9.17, 15) is 22.8 Å². The van der Waals surface area contributed by atoms with Crippen molar-refractivity contribution in [3.8, 4) is 0 Å². The molecule has 21 heavy (non-hydrogen) atoms. The van der Waals surface area contributed by atoms with Crippen LogP contribution in [0.1, 0.15) is 12.5 Å². The molecule has 8 heteroatoms. The quantitative estimate of drug-likeness (QED) is 0.806. The van der Waals surface area contributed by atoms with Crippen molar-refractivity contribution in [2.24, 2.45) is 0 Å². The van der Waals surface area contributed by atoms with Crippen LogP contribution in [0.2, 0.25) is 0 Å². The van der Waals surface area contributed by atoms with Gasteiger partial charge in [0.2, 0.25) is 11.4 Å². The molecule has 0 heterocycles. The fraction of sp³-hybridized carbons (Fsp3) is 0.231. The van der Waals surface area contributed by atoms with Gasteiger partial charge < -0.3 is 10.4 Å². The van der Waals surface area contributed by atoms with E-state index in [-0.39, 0.29) is 0 Å². The molecule has 1 amide bonds. The second kappa shape index (κ2) is 6.30. The summed E-state index contributed by atoms with van der Waals surface area (Å²) in [6.07, 6.45) is -2.99. The van der Waals surface area contributed by atoms with Crippen molar-refractivity contribution in [1.29, 1.82) is 0 Å². The minimum atomic E-state index is -5.11. The van der Waals surface area contributed by atoms with Crippen LogP contribution in [-0.4, -0.2) is 28.7 Å². The molecule has 1 atom stereocenters. The molecule has 1 rings (SSSR count). The van der Waals surface area contributed by atoms with Crippen LogP contribution < -0.4 is 5.32 Å². The fourth-order valence-corrected chi connectivity index (χ4v) is 1.73. The third-order valence-electron chi connectivity index (χ3n) is 2.64. The number of carbonyl (C=O) groups is 2. The molecule has 1 unspecified atom stereocenters. The Balaban J connectivity index is 2.87. The number of amides is 1. The lowest BCUT2D eigenvalue weighted by Gasteiger charge is -2.27. The summed E-state index contributed by atoms with van der Waals surface area (Å²) in [6, 6.07) is 6.69. The van der Waals surface area contributed by atoms with Crippen molar-refractivity contribution in [2.75, 3.05) is 0 Å². The zero-order chi connectivity index (χ0) is 16.3. The Morgan fingerprint density at radius 1 is 1.33 bits per heavy atom. The van der Waals surface area contributed by atoms with Crippen LogP contribution in [-0.2, 0) is 9.59 Å². The summed E-state index contributed by atoms with van der Waals surface area (Å²) in [4.78, 5) is 22.3. The van der Waals surface area contributed by atoms with E-state index in [1.807, 2.05) is 0 Å². The van der Waals surface area contributed by atoms with E-state index < -0.39 is 23.6 Å². The largest absolute Gasteiger partial charge is 0.479 e. The SMILES string of the molecule is CC(NC(=O)C=Cc1cccc(Br)c1)(C(=O)O)C(F)(F)F. The van der Waals surface area contributed by atoms with Crippen LogP contribution in [0, 0.1) is 0 Å². The molecule has 0 aromatic heterocycles. The number of halogens is 4. The number of carboxylic acid groups (broad SMARTS) is 1. The maximum absolute atomic E-state index is 12.7. The van der Waals surface area contributed by atoms with Crippen molar-refractivity contribution in [1.82, 2.24) is 5.32 Å². The Kier molecular flexibility index (Phi) is 5.16. The molecular formula is C13H11BrF3NO3. The summed E-state index contributed by atoms with van der Waals surface area (Å²) in [6.45, 7) is 0.389. The molecule has 0 spiro atoms. The third-order valence-corrected chi connectivity index (χ3v) is 3.14. The third kappa shape index (κ3) is 4.32. The number of hydrogen-bond acceptors (Lipinski definition) is 2. The van der Waals surface area contributed by atoms with E-state index >= 15 is 0 Å². The molecule has 0 fully saturated rings. The fourth-order valence-electron chi connectivity index (χ4n) is 1.32. The van der Waals surface area contributed by atoms with E-state index in [0.29, 0.717) is 12.5 Å². The first kappa shape index (κ1) is 17.2. The standard InChI is InChI=1S/C13H11BrF3NO3/c1-12(11(20)21,13(15,16)17)18-10(19)6-5-8-3-2-4-9(14)7-8/h2-7H,1H3,(H,18,19)(H,20,21). The van der Waals surface area contributed by atoms with Gasteiger partial charge >= 0.3 is 12.1 Å². The van der Waals surface area contributed by atoms with E-state index in [0.717, 1.165) is 10.5 Å². The maximum atomic E-state index is 12.7. The van der Waals surface area contributed by atoms with Gasteiger partial charge in [0.15, 0.2) is 0 Å². The highest BCUT2D eigenvalue weighted by atomic mass is 79.9. The van der Waals surface area contributed by atoms with Crippen molar-refractivity contribution >= 4 is 33.9 Å². The minimum absolute atomic E-state index is 0.389. The summed E-state index contributed by atoms with van der Waals surface area (Å²) < 4.78 is 38.8. The highest BCUT2D eigenvalue weighted by Crippen LogP contribution is 2.30. The van der Waals surface area contributed by atoms with Gasteiger partial charge in [-0.3, -0.25) is 4.79 Å². The van der Waals surface area contributed by atoms with Gasteiger partial charge in [-0.1, -0.05) is 28.1 Å². The van der Waals surface area contributed by atoms with Crippen molar-refractivity contribution in [3.05, 3.63) is 40.4 Å². The molecule has 0 saturated carbocycles.